The van der Waals surface area contributed by atoms with Crippen molar-refractivity contribution in [2.45, 2.75) is 25.2 Å². The molecular formula is C11H16BrFN2O2. The lowest BCUT2D eigenvalue weighted by Crippen LogP contribution is -2.39. The number of nitrogens with zero attached hydrogens (tertiary/aromatic N) is 1. The second kappa shape index (κ2) is 5.86. The predicted octanol–water partition coefficient (Wildman–Crippen LogP) is 2.17. The summed E-state index contributed by atoms with van der Waals surface area (Å²) in [4.78, 5) is 3.63. The topological polar surface area (TPSA) is 57.4 Å². The van der Waals surface area contributed by atoms with Gasteiger partial charge in [0.1, 0.15) is 0 Å². The first-order valence-corrected chi connectivity index (χ1v) is 5.86. The minimum Gasteiger partial charge on any atom is -0.356 e. The average Bonchev–Trinajstić information content (AvgIpc) is 2.29. The summed E-state index contributed by atoms with van der Waals surface area (Å²) in [5.41, 5.74) is 5.50. The van der Waals surface area contributed by atoms with E-state index in [1.54, 1.807) is 13.0 Å². The molecule has 0 aliphatic rings. The van der Waals surface area contributed by atoms with Gasteiger partial charge in [-0.15, -0.1) is 0 Å². The van der Waals surface area contributed by atoms with Crippen LogP contribution in [0.3, 0.4) is 0 Å². The van der Waals surface area contributed by atoms with Crippen LogP contribution in [0.25, 0.3) is 0 Å². The minimum absolute atomic E-state index is 0.325. The summed E-state index contributed by atoms with van der Waals surface area (Å²) in [7, 11) is 3.03. The third-order valence-corrected chi connectivity index (χ3v) is 2.97. The molecule has 0 saturated heterocycles. The van der Waals surface area contributed by atoms with Gasteiger partial charge in [0.25, 0.3) is 0 Å². The van der Waals surface area contributed by atoms with Crippen molar-refractivity contribution in [3.8, 4) is 0 Å². The molecule has 0 radical (unpaired) electrons. The SMILES string of the molecule is COC(C[C@](C)(N)c1cc(Br)cnc1F)OC. The van der Waals surface area contributed by atoms with Crippen LogP contribution in [0.5, 0.6) is 0 Å². The monoisotopic (exact) mass is 306 g/mol. The van der Waals surface area contributed by atoms with Crippen LogP contribution in [-0.2, 0) is 15.0 Å². The molecule has 1 aromatic rings. The zero-order valence-corrected chi connectivity index (χ0v) is 11.6. The van der Waals surface area contributed by atoms with Crippen LogP contribution >= 0.6 is 15.9 Å². The van der Waals surface area contributed by atoms with Crippen molar-refractivity contribution in [2.75, 3.05) is 14.2 Å². The third kappa shape index (κ3) is 3.70. The molecule has 0 aromatic carbocycles. The number of pyridine rings is 1. The Balaban J connectivity index is 2.99. The zero-order chi connectivity index (χ0) is 13.1. The maximum absolute atomic E-state index is 13.6. The standard InChI is InChI=1S/C11H16BrFN2O2/c1-11(14,5-9(16-2)17-3)8-4-7(12)6-15-10(8)13/h4,6,9H,5,14H2,1-3H3/t11-/m0/s1. The van der Waals surface area contributed by atoms with Gasteiger partial charge in [-0.3, -0.25) is 0 Å². The van der Waals surface area contributed by atoms with Crippen LogP contribution in [0.15, 0.2) is 16.7 Å². The van der Waals surface area contributed by atoms with Gasteiger partial charge in [0, 0.05) is 42.4 Å². The van der Waals surface area contributed by atoms with E-state index in [4.69, 9.17) is 15.2 Å². The Bertz CT molecular complexity index is 384. The van der Waals surface area contributed by atoms with Crippen molar-refractivity contribution < 1.29 is 13.9 Å². The van der Waals surface area contributed by atoms with Gasteiger partial charge >= 0.3 is 0 Å². The number of methoxy groups -OCH3 is 2. The Hall–Kier alpha value is -0.560. The Morgan fingerprint density at radius 3 is 2.65 bits per heavy atom. The Labute approximate surface area is 108 Å². The maximum Gasteiger partial charge on any atom is 0.217 e. The molecule has 0 bridgehead atoms. The highest BCUT2D eigenvalue weighted by atomic mass is 79.9. The molecule has 1 aromatic heterocycles. The Kier molecular flexibility index (Phi) is 5.00. The number of rotatable bonds is 5. The first-order chi connectivity index (χ1) is 7.90. The average molecular weight is 307 g/mol. The van der Waals surface area contributed by atoms with E-state index in [9.17, 15) is 4.39 Å². The van der Waals surface area contributed by atoms with Crippen molar-refractivity contribution in [2.24, 2.45) is 5.73 Å². The zero-order valence-electron chi connectivity index (χ0n) is 10.0. The Morgan fingerprint density at radius 2 is 2.12 bits per heavy atom. The fraction of sp³-hybridized carbons (Fsp3) is 0.545. The second-order valence-electron chi connectivity index (χ2n) is 4.01. The first-order valence-electron chi connectivity index (χ1n) is 5.06. The van der Waals surface area contributed by atoms with E-state index in [-0.39, 0.29) is 0 Å². The molecule has 4 nitrogen and oxygen atoms in total. The fourth-order valence-corrected chi connectivity index (χ4v) is 1.87. The summed E-state index contributed by atoms with van der Waals surface area (Å²) in [6, 6.07) is 1.62. The smallest absolute Gasteiger partial charge is 0.217 e. The number of halogens is 2. The first kappa shape index (κ1) is 14.5. The second-order valence-corrected chi connectivity index (χ2v) is 4.93. The van der Waals surface area contributed by atoms with Crippen LogP contribution in [0.2, 0.25) is 0 Å². The number of hydrogen-bond acceptors (Lipinski definition) is 4. The molecule has 96 valence electrons. The summed E-state index contributed by atoms with van der Waals surface area (Å²) in [5.74, 6) is -0.579. The molecule has 0 unspecified atom stereocenters. The molecule has 0 aliphatic carbocycles. The summed E-state index contributed by atoms with van der Waals surface area (Å²) >= 11 is 3.24. The van der Waals surface area contributed by atoms with Gasteiger partial charge < -0.3 is 15.2 Å². The third-order valence-electron chi connectivity index (χ3n) is 2.54. The number of nitrogens with two attached hydrogens (primary N) is 1. The van der Waals surface area contributed by atoms with Crippen LogP contribution in [0, 0.1) is 5.95 Å². The highest BCUT2D eigenvalue weighted by Crippen LogP contribution is 2.27. The molecule has 0 amide bonds. The largest absolute Gasteiger partial charge is 0.356 e. The van der Waals surface area contributed by atoms with Gasteiger partial charge in [-0.05, 0) is 28.9 Å². The van der Waals surface area contributed by atoms with Gasteiger partial charge in [-0.1, -0.05) is 0 Å². The minimum atomic E-state index is -0.919. The van der Waals surface area contributed by atoms with Crippen molar-refractivity contribution in [3.05, 3.63) is 28.2 Å². The lowest BCUT2D eigenvalue weighted by molar-refractivity contribution is -0.116. The van der Waals surface area contributed by atoms with E-state index in [0.29, 0.717) is 16.5 Å². The summed E-state index contributed by atoms with van der Waals surface area (Å²) in [6.07, 6.45) is 1.23. The molecule has 2 N–H and O–H groups in total. The molecule has 6 heteroatoms. The number of aromatic nitrogens is 1. The molecule has 0 aliphatic heterocycles. The van der Waals surface area contributed by atoms with Gasteiger partial charge in [-0.2, -0.15) is 4.39 Å². The van der Waals surface area contributed by atoms with E-state index in [0.717, 1.165) is 0 Å². The van der Waals surface area contributed by atoms with E-state index in [1.165, 1.54) is 20.4 Å². The lowest BCUT2D eigenvalue weighted by Gasteiger charge is -2.28. The van der Waals surface area contributed by atoms with Gasteiger partial charge in [-0.25, -0.2) is 4.98 Å². The Morgan fingerprint density at radius 1 is 1.53 bits per heavy atom. The molecular weight excluding hydrogens is 291 g/mol. The molecule has 0 spiro atoms. The van der Waals surface area contributed by atoms with Crippen molar-refractivity contribution in [1.29, 1.82) is 0 Å². The van der Waals surface area contributed by atoms with E-state index in [1.807, 2.05) is 0 Å². The summed E-state index contributed by atoms with van der Waals surface area (Å²) < 4.78 is 24.4. The molecule has 1 rings (SSSR count). The molecule has 0 saturated carbocycles. The van der Waals surface area contributed by atoms with E-state index in [2.05, 4.69) is 20.9 Å². The van der Waals surface area contributed by atoms with Crippen LogP contribution in [0.4, 0.5) is 4.39 Å². The highest BCUT2D eigenvalue weighted by Gasteiger charge is 2.29. The van der Waals surface area contributed by atoms with Crippen molar-refractivity contribution in [3.63, 3.8) is 0 Å². The quantitative estimate of drug-likeness (QED) is 0.669. The molecule has 1 atom stereocenters. The lowest BCUT2D eigenvalue weighted by atomic mass is 9.90. The summed E-state index contributed by atoms with van der Waals surface area (Å²) in [5, 5.41) is 0. The molecule has 0 fully saturated rings. The molecule has 1 heterocycles. The summed E-state index contributed by atoms with van der Waals surface area (Å²) in [6.45, 7) is 1.71. The molecule has 17 heavy (non-hydrogen) atoms. The van der Waals surface area contributed by atoms with Crippen molar-refractivity contribution in [1.82, 2.24) is 4.98 Å². The maximum atomic E-state index is 13.6. The number of hydrogen-bond donors (Lipinski definition) is 1. The van der Waals surface area contributed by atoms with Crippen molar-refractivity contribution >= 4 is 15.9 Å². The van der Waals surface area contributed by atoms with Gasteiger partial charge in [0.2, 0.25) is 5.95 Å². The highest BCUT2D eigenvalue weighted by molar-refractivity contribution is 9.10. The van der Waals surface area contributed by atoms with E-state index < -0.39 is 17.8 Å². The van der Waals surface area contributed by atoms with Crippen LogP contribution in [0.1, 0.15) is 18.9 Å². The van der Waals surface area contributed by atoms with Gasteiger partial charge in [0.15, 0.2) is 6.29 Å². The van der Waals surface area contributed by atoms with Gasteiger partial charge in [0.05, 0.1) is 0 Å². The van der Waals surface area contributed by atoms with E-state index >= 15 is 0 Å². The van der Waals surface area contributed by atoms with Crippen LogP contribution in [-0.4, -0.2) is 25.5 Å². The normalized spacial score (nSPS) is 15.0. The predicted molar refractivity (Wildman–Crippen MR) is 65.9 cm³/mol. The number of ether oxygens (including phenoxy) is 2. The van der Waals surface area contributed by atoms with Crippen LogP contribution < -0.4 is 5.73 Å². The fourth-order valence-electron chi connectivity index (χ4n) is 1.54.